The van der Waals surface area contributed by atoms with E-state index in [1.807, 2.05) is 44.2 Å². The van der Waals surface area contributed by atoms with Gasteiger partial charge in [-0.1, -0.05) is 72.3 Å². The number of fused-ring (bicyclic) bond motifs is 1. The minimum Gasteiger partial charge on any atom is -0.465 e. The maximum atomic E-state index is 14.5. The van der Waals surface area contributed by atoms with Crippen LogP contribution >= 0.6 is 15.9 Å². The van der Waals surface area contributed by atoms with Crippen molar-refractivity contribution in [3.63, 3.8) is 0 Å². The quantitative estimate of drug-likeness (QED) is 0.161. The predicted molar refractivity (Wildman–Crippen MR) is 151 cm³/mol. The molecule has 0 saturated carbocycles. The molecule has 1 aromatic carbocycles. The molecule has 2 amide bonds. The number of amides is 2. The molecule has 2 bridgehead atoms. The third-order valence-electron chi connectivity index (χ3n) is 8.22. The molecule has 8 nitrogen and oxygen atoms in total. The number of hydrogen-bond acceptors (Lipinski definition) is 6. The monoisotopic (exact) mass is 602 g/mol. The van der Waals surface area contributed by atoms with Gasteiger partial charge >= 0.3 is 5.97 Å². The number of hydrogen-bond donors (Lipinski definition) is 1. The van der Waals surface area contributed by atoms with Crippen LogP contribution < -0.4 is 0 Å². The lowest BCUT2D eigenvalue weighted by Crippen LogP contribution is -2.59. The van der Waals surface area contributed by atoms with Crippen LogP contribution in [0, 0.1) is 17.8 Å². The van der Waals surface area contributed by atoms with Gasteiger partial charge in [-0.05, 0) is 30.7 Å². The number of rotatable bonds is 13. The first kappa shape index (κ1) is 29.5. The third-order valence-corrected chi connectivity index (χ3v) is 9.07. The number of carbonyl (C=O) groups is 3. The molecule has 3 unspecified atom stereocenters. The number of halogens is 1. The SMILES string of the molecule is C=CCCCOC(=O)[C@H]1[C@H]2C(=O)N([C@@H](CO)C(C)C)C(C(=O)N(CC=C)Cc3ccccc3)C23CC(Br)[C@@H]1O3. The van der Waals surface area contributed by atoms with Crippen LogP contribution in [0.15, 0.2) is 55.6 Å². The number of unbranched alkanes of at least 4 members (excludes halogenated alkanes) is 1. The number of aliphatic hydroxyl groups is 1. The highest BCUT2D eigenvalue weighted by atomic mass is 79.9. The van der Waals surface area contributed by atoms with Crippen molar-refractivity contribution in [3.8, 4) is 0 Å². The molecule has 9 heteroatoms. The number of benzene rings is 1. The number of nitrogens with zero attached hydrogens (tertiary/aromatic N) is 2. The van der Waals surface area contributed by atoms with E-state index in [1.165, 1.54) is 4.90 Å². The number of esters is 1. The first-order valence-electron chi connectivity index (χ1n) is 13.7. The first-order chi connectivity index (χ1) is 18.7. The average Bonchev–Trinajstić information content (AvgIpc) is 3.50. The zero-order chi connectivity index (χ0) is 28.3. The Hall–Kier alpha value is -2.49. The van der Waals surface area contributed by atoms with Crippen LogP contribution in [0.3, 0.4) is 0 Å². The Morgan fingerprint density at radius 2 is 2.00 bits per heavy atom. The molecular weight excluding hydrogens is 564 g/mol. The van der Waals surface area contributed by atoms with Gasteiger partial charge in [0.05, 0.1) is 37.2 Å². The molecule has 1 aromatic rings. The maximum absolute atomic E-state index is 14.5. The summed E-state index contributed by atoms with van der Waals surface area (Å²) in [5.74, 6) is -2.95. The van der Waals surface area contributed by atoms with Crippen molar-refractivity contribution in [1.82, 2.24) is 9.80 Å². The average molecular weight is 604 g/mol. The molecule has 0 aromatic heterocycles. The van der Waals surface area contributed by atoms with Crippen LogP contribution in [-0.2, 0) is 30.4 Å². The predicted octanol–water partition coefficient (Wildman–Crippen LogP) is 3.48. The van der Waals surface area contributed by atoms with Crippen molar-refractivity contribution in [2.75, 3.05) is 19.8 Å². The minimum atomic E-state index is -1.21. The number of likely N-dealkylation sites (tertiary alicyclic amines) is 1. The van der Waals surface area contributed by atoms with E-state index in [0.29, 0.717) is 25.8 Å². The highest BCUT2D eigenvalue weighted by Gasteiger charge is 2.77. The number of aliphatic hydroxyl groups excluding tert-OH is 1. The van der Waals surface area contributed by atoms with E-state index in [-0.39, 0.29) is 42.3 Å². The van der Waals surface area contributed by atoms with Gasteiger partial charge in [0, 0.05) is 17.9 Å². The largest absolute Gasteiger partial charge is 0.465 e. The molecule has 3 fully saturated rings. The molecule has 0 aliphatic carbocycles. The van der Waals surface area contributed by atoms with Gasteiger partial charge in [-0.25, -0.2) is 0 Å². The summed E-state index contributed by atoms with van der Waals surface area (Å²) in [5, 5.41) is 10.4. The molecule has 1 N–H and O–H groups in total. The van der Waals surface area contributed by atoms with Crippen molar-refractivity contribution < 1.29 is 29.0 Å². The lowest BCUT2D eigenvalue weighted by molar-refractivity contribution is -0.157. The van der Waals surface area contributed by atoms with E-state index in [2.05, 4.69) is 29.1 Å². The summed E-state index contributed by atoms with van der Waals surface area (Å²) < 4.78 is 12.2. The van der Waals surface area contributed by atoms with Crippen molar-refractivity contribution >= 4 is 33.7 Å². The summed E-state index contributed by atoms with van der Waals surface area (Å²) >= 11 is 3.68. The summed E-state index contributed by atoms with van der Waals surface area (Å²) in [4.78, 5) is 45.0. The maximum Gasteiger partial charge on any atom is 0.312 e. The van der Waals surface area contributed by atoms with Gasteiger partial charge in [-0.15, -0.1) is 13.2 Å². The van der Waals surface area contributed by atoms with Gasteiger partial charge < -0.3 is 24.4 Å². The van der Waals surface area contributed by atoms with Crippen LogP contribution in [0.4, 0.5) is 0 Å². The van der Waals surface area contributed by atoms with Crippen LogP contribution in [-0.4, -0.2) is 81.1 Å². The van der Waals surface area contributed by atoms with Gasteiger partial charge in [0.25, 0.3) is 0 Å². The van der Waals surface area contributed by atoms with Crippen LogP contribution in [0.1, 0.15) is 38.7 Å². The lowest BCUT2D eigenvalue weighted by atomic mass is 9.70. The second-order valence-corrected chi connectivity index (χ2v) is 12.2. The molecule has 3 aliphatic rings. The molecular formula is C30H39BrN2O6. The Morgan fingerprint density at radius 1 is 1.28 bits per heavy atom. The summed E-state index contributed by atoms with van der Waals surface area (Å²) in [7, 11) is 0. The Balaban J connectivity index is 1.74. The standard InChI is InChI=1S/C30H39BrN2O6/c1-5-7-11-15-38-29(37)23-24-27(35)33(22(18-34)19(3)4)26(30(24)16-21(31)25(23)39-30)28(36)32(14-6-2)17-20-12-9-8-10-13-20/h5-6,8-10,12-13,19,21-26,34H,1-2,7,11,14-18H2,3-4H3/t21?,22-,23-,24-,25-,26?,30?/m0/s1. The van der Waals surface area contributed by atoms with E-state index >= 15 is 0 Å². The topological polar surface area (TPSA) is 96.4 Å². The number of allylic oxidation sites excluding steroid dienone is 1. The number of ether oxygens (including phenoxy) is 2. The molecule has 39 heavy (non-hydrogen) atoms. The Morgan fingerprint density at radius 3 is 2.62 bits per heavy atom. The summed E-state index contributed by atoms with van der Waals surface area (Å²) in [5.41, 5.74) is -0.271. The molecule has 212 valence electrons. The smallest absolute Gasteiger partial charge is 0.312 e. The normalized spacial score (nSPS) is 29.8. The highest BCUT2D eigenvalue weighted by Crippen LogP contribution is 2.61. The van der Waals surface area contributed by atoms with Gasteiger partial charge in [0.2, 0.25) is 11.8 Å². The van der Waals surface area contributed by atoms with Crippen LogP contribution in [0.2, 0.25) is 0 Å². The number of alkyl halides is 1. The van der Waals surface area contributed by atoms with Crippen molar-refractivity contribution in [2.45, 2.75) is 68.3 Å². The third kappa shape index (κ3) is 5.33. The van der Waals surface area contributed by atoms with Crippen LogP contribution in [0.5, 0.6) is 0 Å². The van der Waals surface area contributed by atoms with Crippen LogP contribution in [0.25, 0.3) is 0 Å². The molecule has 4 rings (SSSR count). The lowest BCUT2D eigenvalue weighted by Gasteiger charge is -2.40. The first-order valence-corrected chi connectivity index (χ1v) is 14.6. The summed E-state index contributed by atoms with van der Waals surface area (Å²) in [6.45, 7) is 11.9. The van der Waals surface area contributed by atoms with Crippen molar-refractivity contribution in [1.29, 1.82) is 0 Å². The Bertz CT molecular complexity index is 1080. The molecule has 7 atom stereocenters. The molecule has 3 heterocycles. The van der Waals surface area contributed by atoms with Gasteiger partial charge in [-0.3, -0.25) is 14.4 Å². The summed E-state index contributed by atoms with van der Waals surface area (Å²) in [6.07, 6.45) is 4.58. The van der Waals surface area contributed by atoms with E-state index in [4.69, 9.17) is 9.47 Å². The molecule has 3 saturated heterocycles. The van der Waals surface area contributed by atoms with Gasteiger partial charge in [0.1, 0.15) is 11.6 Å². The molecule has 1 spiro atoms. The van der Waals surface area contributed by atoms with E-state index in [0.717, 1.165) is 5.56 Å². The summed E-state index contributed by atoms with van der Waals surface area (Å²) in [6, 6.07) is 8.01. The molecule has 0 radical (unpaired) electrons. The zero-order valence-electron chi connectivity index (χ0n) is 22.7. The number of carbonyl (C=O) groups excluding carboxylic acids is 3. The van der Waals surface area contributed by atoms with Gasteiger partial charge in [-0.2, -0.15) is 0 Å². The van der Waals surface area contributed by atoms with Crippen molar-refractivity contribution in [3.05, 3.63) is 61.2 Å². The fourth-order valence-corrected chi connectivity index (χ4v) is 7.40. The fraction of sp³-hybridized carbons (Fsp3) is 0.567. The van der Waals surface area contributed by atoms with Gasteiger partial charge in [0.15, 0.2) is 0 Å². The van der Waals surface area contributed by atoms with E-state index < -0.39 is 41.6 Å². The second-order valence-electron chi connectivity index (χ2n) is 11.0. The minimum absolute atomic E-state index is 0.132. The Labute approximate surface area is 239 Å². The Kier molecular flexibility index (Phi) is 9.34. The zero-order valence-corrected chi connectivity index (χ0v) is 24.3. The second kappa shape index (κ2) is 12.4. The van der Waals surface area contributed by atoms with E-state index in [9.17, 15) is 19.5 Å². The molecule has 3 aliphatic heterocycles. The van der Waals surface area contributed by atoms with E-state index in [1.54, 1.807) is 17.1 Å². The fourth-order valence-electron chi connectivity index (χ4n) is 6.46. The highest BCUT2D eigenvalue weighted by molar-refractivity contribution is 9.09. The van der Waals surface area contributed by atoms with Crippen molar-refractivity contribution in [2.24, 2.45) is 17.8 Å².